The highest BCUT2D eigenvalue weighted by molar-refractivity contribution is 5.94. The van der Waals surface area contributed by atoms with Gasteiger partial charge in [-0.3, -0.25) is 9.78 Å². The van der Waals surface area contributed by atoms with Crippen LogP contribution in [0.15, 0.2) is 57.9 Å². The summed E-state index contributed by atoms with van der Waals surface area (Å²) >= 11 is 0. The lowest BCUT2D eigenvalue weighted by Crippen LogP contribution is -2.11. The second-order valence-electron chi connectivity index (χ2n) is 6.18. The molecule has 11 nitrogen and oxygen atoms in total. The normalized spacial score (nSPS) is 10.7. The summed E-state index contributed by atoms with van der Waals surface area (Å²) in [6, 6.07) is 11.1. The molecule has 0 radical (unpaired) electrons. The largest absolute Gasteiger partial charge is 0.477 e. The maximum Gasteiger partial charge on any atom is 0.417 e. The van der Waals surface area contributed by atoms with Gasteiger partial charge in [0.15, 0.2) is 11.4 Å². The van der Waals surface area contributed by atoms with Gasteiger partial charge in [-0.2, -0.15) is 4.98 Å². The number of nitrogens with zero attached hydrogens (tertiary/aromatic N) is 2. The molecule has 0 bridgehead atoms. The molecule has 11 heteroatoms. The maximum atomic E-state index is 11.6. The Balaban J connectivity index is 1.64. The minimum Gasteiger partial charge on any atom is -0.477 e. The van der Waals surface area contributed by atoms with E-state index in [4.69, 9.17) is 10.2 Å². The zero-order chi connectivity index (χ0) is 21.3. The quantitative estimate of drug-likeness (QED) is 0.321. The number of anilines is 4. The van der Waals surface area contributed by atoms with Gasteiger partial charge in [-0.25, -0.2) is 14.6 Å². The number of amides is 1. The number of rotatable bonds is 6. The van der Waals surface area contributed by atoms with E-state index in [1.807, 2.05) is 0 Å². The first kappa shape index (κ1) is 18.7. The Bertz CT molecular complexity index is 1330. The minimum absolute atomic E-state index is 0.0407. The summed E-state index contributed by atoms with van der Waals surface area (Å²) in [5.41, 5.74) is 7.29. The summed E-state index contributed by atoms with van der Waals surface area (Å²) in [5.74, 6) is -2.19. The number of hydrogen-bond acceptors (Lipinski definition) is 8. The monoisotopic (exact) mass is 406 g/mol. The average molecular weight is 406 g/mol. The molecule has 0 saturated carbocycles. The molecule has 2 aromatic heterocycles. The van der Waals surface area contributed by atoms with Crippen LogP contribution < -0.4 is 22.1 Å². The topological polar surface area (TPSA) is 176 Å². The molecule has 4 rings (SSSR count). The highest BCUT2D eigenvalue weighted by atomic mass is 16.4. The number of fused-ring (bicyclic) bond motifs is 1. The molecular weight excluding hydrogens is 392 g/mol. The molecule has 2 aromatic carbocycles. The van der Waals surface area contributed by atoms with Gasteiger partial charge in [0.05, 0.1) is 5.52 Å². The molecule has 0 aliphatic heterocycles. The highest BCUT2D eigenvalue weighted by Gasteiger charge is 2.15. The van der Waals surface area contributed by atoms with Crippen molar-refractivity contribution in [3.8, 4) is 0 Å². The Kier molecular flexibility index (Phi) is 4.60. The molecule has 0 saturated heterocycles. The van der Waals surface area contributed by atoms with Gasteiger partial charge in [-0.15, -0.1) is 0 Å². The number of nitrogens with one attached hydrogen (secondary N) is 3. The van der Waals surface area contributed by atoms with E-state index in [1.165, 1.54) is 12.1 Å². The smallest absolute Gasteiger partial charge is 0.417 e. The number of primary amides is 1. The van der Waals surface area contributed by atoms with Crippen LogP contribution in [0.4, 0.5) is 23.1 Å². The van der Waals surface area contributed by atoms with Crippen molar-refractivity contribution in [3.63, 3.8) is 0 Å². The number of aromatic nitrogens is 3. The first-order chi connectivity index (χ1) is 14.4. The van der Waals surface area contributed by atoms with Crippen LogP contribution in [-0.4, -0.2) is 31.9 Å². The van der Waals surface area contributed by atoms with E-state index in [1.54, 1.807) is 30.3 Å². The summed E-state index contributed by atoms with van der Waals surface area (Å²) in [5, 5.41) is 15.3. The van der Waals surface area contributed by atoms with Gasteiger partial charge in [0.25, 0.3) is 0 Å². The Labute approximate surface area is 167 Å². The van der Waals surface area contributed by atoms with Gasteiger partial charge in [0, 0.05) is 23.1 Å². The van der Waals surface area contributed by atoms with Crippen molar-refractivity contribution in [3.05, 3.63) is 70.3 Å². The summed E-state index contributed by atoms with van der Waals surface area (Å²) < 4.78 is 4.95. The van der Waals surface area contributed by atoms with Gasteiger partial charge in [-0.05, 0) is 42.5 Å². The second-order valence-corrected chi connectivity index (χ2v) is 6.18. The fraction of sp³-hybridized carbons (Fsp3) is 0. The highest BCUT2D eigenvalue weighted by Crippen LogP contribution is 2.24. The number of benzene rings is 2. The third-order valence-corrected chi connectivity index (χ3v) is 4.13. The number of oxazole rings is 1. The molecule has 2 heterocycles. The number of aromatic amines is 1. The van der Waals surface area contributed by atoms with Crippen LogP contribution in [0.3, 0.4) is 0 Å². The summed E-state index contributed by atoms with van der Waals surface area (Å²) in [7, 11) is 0. The number of hydrogen-bond donors (Lipinski definition) is 5. The fourth-order valence-electron chi connectivity index (χ4n) is 2.71. The first-order valence-corrected chi connectivity index (χ1v) is 8.56. The number of aromatic carboxylic acids is 1. The fourth-order valence-corrected chi connectivity index (χ4v) is 2.71. The van der Waals surface area contributed by atoms with E-state index in [9.17, 15) is 19.5 Å². The van der Waals surface area contributed by atoms with Crippen molar-refractivity contribution in [2.45, 2.75) is 0 Å². The van der Waals surface area contributed by atoms with Crippen LogP contribution in [0.1, 0.15) is 20.7 Å². The Hall–Kier alpha value is -4.67. The molecule has 1 amide bonds. The first-order valence-electron chi connectivity index (χ1n) is 8.56. The van der Waals surface area contributed by atoms with Crippen molar-refractivity contribution >= 4 is 46.1 Å². The van der Waals surface area contributed by atoms with Crippen molar-refractivity contribution in [2.24, 2.45) is 5.73 Å². The third-order valence-electron chi connectivity index (χ3n) is 4.13. The van der Waals surface area contributed by atoms with E-state index < -0.39 is 17.6 Å². The molecule has 0 atom stereocenters. The van der Waals surface area contributed by atoms with Crippen molar-refractivity contribution < 1.29 is 19.1 Å². The van der Waals surface area contributed by atoms with Crippen LogP contribution in [0, 0.1) is 0 Å². The SMILES string of the molecule is NC(=O)c1ccc(Nc2ncc(C(=O)O)c(Nc3ccc4oc(=O)[nH]c4c3)n2)cc1. The number of carboxylic acid groups (broad SMARTS) is 1. The van der Waals surface area contributed by atoms with E-state index in [0.717, 1.165) is 6.20 Å². The molecule has 0 unspecified atom stereocenters. The van der Waals surface area contributed by atoms with Gasteiger partial charge in [0.2, 0.25) is 11.9 Å². The Morgan fingerprint density at radius 3 is 2.50 bits per heavy atom. The number of nitrogens with two attached hydrogens (primary N) is 1. The summed E-state index contributed by atoms with van der Waals surface area (Å²) in [4.78, 5) is 44.8. The number of carboxylic acids is 1. The molecule has 0 aliphatic rings. The van der Waals surface area contributed by atoms with E-state index in [0.29, 0.717) is 28.0 Å². The van der Waals surface area contributed by atoms with Gasteiger partial charge in [0.1, 0.15) is 5.56 Å². The summed E-state index contributed by atoms with van der Waals surface area (Å²) in [6.45, 7) is 0. The minimum atomic E-state index is -1.22. The molecule has 0 aliphatic carbocycles. The zero-order valence-corrected chi connectivity index (χ0v) is 15.2. The van der Waals surface area contributed by atoms with Gasteiger partial charge in [-0.1, -0.05) is 0 Å². The third kappa shape index (κ3) is 3.80. The van der Waals surface area contributed by atoms with E-state index in [2.05, 4.69) is 25.6 Å². The van der Waals surface area contributed by atoms with Crippen LogP contribution in [0.25, 0.3) is 11.1 Å². The summed E-state index contributed by atoms with van der Waals surface area (Å²) in [6.07, 6.45) is 1.16. The average Bonchev–Trinajstić information content (AvgIpc) is 3.07. The lowest BCUT2D eigenvalue weighted by atomic mass is 10.2. The number of carbonyl (C=O) groups is 2. The lowest BCUT2D eigenvalue weighted by Gasteiger charge is -2.11. The standard InChI is InChI=1S/C19H14N6O5/c20-15(26)9-1-3-10(4-2-9)23-18-21-8-12(17(27)28)16(25-18)22-11-5-6-14-13(7-11)24-19(29)30-14/h1-8H,(H2,20,26)(H,24,29)(H,27,28)(H2,21,22,23,25). The molecule has 6 N–H and O–H groups in total. The predicted octanol–water partition coefficient (Wildman–Crippen LogP) is 2.20. The van der Waals surface area contributed by atoms with Crippen LogP contribution >= 0.6 is 0 Å². The molecule has 30 heavy (non-hydrogen) atoms. The number of H-pyrrole nitrogens is 1. The Morgan fingerprint density at radius 1 is 1.07 bits per heavy atom. The lowest BCUT2D eigenvalue weighted by molar-refractivity contribution is 0.0697. The molecular formula is C19H14N6O5. The molecule has 150 valence electrons. The zero-order valence-electron chi connectivity index (χ0n) is 15.2. The van der Waals surface area contributed by atoms with Crippen LogP contribution in [0.2, 0.25) is 0 Å². The molecule has 0 fully saturated rings. The van der Waals surface area contributed by atoms with Gasteiger partial charge >= 0.3 is 11.7 Å². The van der Waals surface area contributed by atoms with Crippen LogP contribution in [-0.2, 0) is 0 Å². The molecule has 0 spiro atoms. The maximum absolute atomic E-state index is 11.6. The van der Waals surface area contributed by atoms with Crippen molar-refractivity contribution in [1.82, 2.24) is 15.0 Å². The predicted molar refractivity (Wildman–Crippen MR) is 107 cm³/mol. The van der Waals surface area contributed by atoms with Crippen molar-refractivity contribution in [2.75, 3.05) is 10.6 Å². The van der Waals surface area contributed by atoms with E-state index >= 15 is 0 Å². The number of carbonyl (C=O) groups excluding carboxylic acids is 1. The van der Waals surface area contributed by atoms with Gasteiger partial charge < -0.3 is 25.9 Å². The Morgan fingerprint density at radius 2 is 1.80 bits per heavy atom. The van der Waals surface area contributed by atoms with Crippen molar-refractivity contribution in [1.29, 1.82) is 0 Å². The second kappa shape index (κ2) is 7.39. The van der Waals surface area contributed by atoms with Crippen LogP contribution in [0.5, 0.6) is 0 Å². The molecule has 4 aromatic rings. The van der Waals surface area contributed by atoms with E-state index in [-0.39, 0.29) is 17.3 Å².